The summed E-state index contributed by atoms with van der Waals surface area (Å²) in [5, 5.41) is 6.80. The summed E-state index contributed by atoms with van der Waals surface area (Å²) in [6.45, 7) is 2.01. The number of aryl methyl sites for hydroxylation is 1. The van der Waals surface area contributed by atoms with Crippen molar-refractivity contribution in [2.45, 2.75) is 13.5 Å². The van der Waals surface area contributed by atoms with E-state index in [2.05, 4.69) is 15.5 Å². The Kier molecular flexibility index (Phi) is 5.61. The van der Waals surface area contributed by atoms with Gasteiger partial charge < -0.3 is 19.1 Å². The lowest BCUT2D eigenvalue weighted by molar-refractivity contribution is -0.116. The Balaban J connectivity index is 1.52. The highest BCUT2D eigenvalue weighted by Crippen LogP contribution is 2.23. The molecular weight excluding hydrogens is 396 g/mol. The Morgan fingerprint density at radius 2 is 1.84 bits per heavy atom. The van der Waals surface area contributed by atoms with Gasteiger partial charge in [-0.2, -0.15) is 4.98 Å². The van der Waals surface area contributed by atoms with E-state index in [1.54, 1.807) is 47.2 Å². The molecule has 0 aliphatic carbocycles. The van der Waals surface area contributed by atoms with E-state index in [0.717, 1.165) is 11.1 Å². The molecule has 0 aliphatic heterocycles. The van der Waals surface area contributed by atoms with Gasteiger partial charge in [-0.25, -0.2) is 4.79 Å². The lowest BCUT2D eigenvalue weighted by Gasteiger charge is -2.11. The lowest BCUT2D eigenvalue weighted by Crippen LogP contribution is -2.20. The fourth-order valence-electron chi connectivity index (χ4n) is 3.12. The Bertz CT molecular complexity index is 1220. The van der Waals surface area contributed by atoms with Crippen molar-refractivity contribution < 1.29 is 18.8 Å². The van der Waals surface area contributed by atoms with E-state index >= 15 is 0 Å². The fraction of sp³-hybridized carbons (Fsp3) is 0.130. The van der Waals surface area contributed by atoms with Crippen LogP contribution in [0.2, 0.25) is 0 Å². The van der Waals surface area contributed by atoms with Crippen molar-refractivity contribution in [3.05, 3.63) is 78.0 Å². The van der Waals surface area contributed by atoms with Crippen LogP contribution in [0.5, 0.6) is 0 Å². The van der Waals surface area contributed by atoms with Crippen LogP contribution in [-0.4, -0.2) is 33.7 Å². The number of aromatic nitrogens is 3. The number of rotatable bonds is 6. The summed E-state index contributed by atoms with van der Waals surface area (Å²) >= 11 is 0. The molecule has 2 aromatic heterocycles. The van der Waals surface area contributed by atoms with Crippen LogP contribution in [0.3, 0.4) is 0 Å². The predicted octanol–water partition coefficient (Wildman–Crippen LogP) is 3.94. The van der Waals surface area contributed by atoms with Gasteiger partial charge in [0.15, 0.2) is 0 Å². The number of methoxy groups -OCH3 is 1. The maximum atomic E-state index is 12.6. The number of amides is 1. The zero-order valence-corrected chi connectivity index (χ0v) is 17.0. The number of para-hydroxylation sites is 1. The third-order valence-corrected chi connectivity index (χ3v) is 4.70. The van der Waals surface area contributed by atoms with Gasteiger partial charge in [0.05, 0.1) is 18.4 Å². The molecule has 1 N–H and O–H groups in total. The third kappa shape index (κ3) is 4.37. The molecule has 8 nitrogen and oxygen atoms in total. The largest absolute Gasteiger partial charge is 0.465 e. The van der Waals surface area contributed by atoms with Crippen LogP contribution in [0.1, 0.15) is 15.9 Å². The smallest absolute Gasteiger partial charge is 0.339 e. The van der Waals surface area contributed by atoms with E-state index < -0.39 is 5.97 Å². The molecule has 0 fully saturated rings. The average Bonchev–Trinajstić information content (AvgIpc) is 3.43. The van der Waals surface area contributed by atoms with Gasteiger partial charge in [0, 0.05) is 11.8 Å². The summed E-state index contributed by atoms with van der Waals surface area (Å²) in [7, 11) is 1.29. The summed E-state index contributed by atoms with van der Waals surface area (Å²) < 4.78 is 11.9. The molecule has 0 radical (unpaired) electrons. The normalized spacial score (nSPS) is 10.6. The highest BCUT2D eigenvalue weighted by atomic mass is 16.5. The maximum absolute atomic E-state index is 12.6. The Morgan fingerprint density at radius 1 is 1.06 bits per heavy atom. The number of ether oxygens (including phenoxy) is 1. The van der Waals surface area contributed by atoms with Gasteiger partial charge in [0.1, 0.15) is 12.2 Å². The number of hydrogen-bond donors (Lipinski definition) is 1. The molecule has 4 aromatic rings. The number of benzene rings is 2. The van der Waals surface area contributed by atoms with Crippen molar-refractivity contribution in [1.82, 2.24) is 14.7 Å². The third-order valence-electron chi connectivity index (χ3n) is 4.70. The Hall–Kier alpha value is -4.20. The van der Waals surface area contributed by atoms with Gasteiger partial charge in [-0.05, 0) is 31.2 Å². The van der Waals surface area contributed by atoms with Crippen LogP contribution in [0.15, 0.2) is 71.4 Å². The molecule has 4 rings (SSSR count). The van der Waals surface area contributed by atoms with E-state index in [0.29, 0.717) is 23.1 Å². The fourth-order valence-corrected chi connectivity index (χ4v) is 3.12. The minimum Gasteiger partial charge on any atom is -0.465 e. The van der Waals surface area contributed by atoms with E-state index in [4.69, 9.17) is 9.26 Å². The van der Waals surface area contributed by atoms with Crippen LogP contribution in [0.25, 0.3) is 23.0 Å². The monoisotopic (exact) mass is 416 g/mol. The number of hydrogen-bond acceptors (Lipinski definition) is 6. The van der Waals surface area contributed by atoms with Crippen molar-refractivity contribution >= 4 is 17.6 Å². The van der Waals surface area contributed by atoms with Gasteiger partial charge in [-0.3, -0.25) is 4.79 Å². The Morgan fingerprint density at radius 3 is 2.61 bits per heavy atom. The second-order valence-electron chi connectivity index (χ2n) is 6.90. The van der Waals surface area contributed by atoms with Crippen molar-refractivity contribution in [3.8, 4) is 23.0 Å². The zero-order chi connectivity index (χ0) is 21.8. The molecule has 0 saturated heterocycles. The molecule has 0 atom stereocenters. The van der Waals surface area contributed by atoms with Crippen LogP contribution in [-0.2, 0) is 16.1 Å². The summed E-state index contributed by atoms with van der Waals surface area (Å²) in [5.74, 6) is -0.0540. The predicted molar refractivity (Wildman–Crippen MR) is 114 cm³/mol. The SMILES string of the molecule is COC(=O)c1ccccc1NC(=O)Cn1cccc1-c1nc(-c2ccc(C)cc2)no1. The number of esters is 1. The molecule has 0 bridgehead atoms. The van der Waals surface area contributed by atoms with Crippen LogP contribution in [0, 0.1) is 6.92 Å². The number of nitrogens with zero attached hydrogens (tertiary/aromatic N) is 3. The highest BCUT2D eigenvalue weighted by molar-refractivity contribution is 6.01. The average molecular weight is 416 g/mol. The molecule has 0 unspecified atom stereocenters. The summed E-state index contributed by atoms with van der Waals surface area (Å²) in [6, 6.07) is 18.1. The van der Waals surface area contributed by atoms with Gasteiger partial charge in [0.25, 0.3) is 5.89 Å². The lowest BCUT2D eigenvalue weighted by atomic mass is 10.1. The molecule has 0 spiro atoms. The first-order valence-electron chi connectivity index (χ1n) is 9.58. The first-order chi connectivity index (χ1) is 15.0. The molecule has 156 valence electrons. The first kappa shape index (κ1) is 20.1. The second-order valence-corrected chi connectivity index (χ2v) is 6.90. The maximum Gasteiger partial charge on any atom is 0.339 e. The van der Waals surface area contributed by atoms with Crippen molar-refractivity contribution in [1.29, 1.82) is 0 Å². The van der Waals surface area contributed by atoms with Gasteiger partial charge in [0.2, 0.25) is 11.7 Å². The van der Waals surface area contributed by atoms with Crippen molar-refractivity contribution in [2.75, 3.05) is 12.4 Å². The van der Waals surface area contributed by atoms with E-state index in [1.807, 2.05) is 31.2 Å². The van der Waals surface area contributed by atoms with E-state index in [9.17, 15) is 9.59 Å². The summed E-state index contributed by atoms with van der Waals surface area (Å²) in [5.41, 5.74) is 3.26. The number of carbonyl (C=O) groups is 2. The second kappa shape index (κ2) is 8.66. The topological polar surface area (TPSA) is 99.2 Å². The first-order valence-corrected chi connectivity index (χ1v) is 9.58. The van der Waals surface area contributed by atoms with Crippen molar-refractivity contribution in [2.24, 2.45) is 0 Å². The molecule has 2 aromatic carbocycles. The molecule has 1 amide bonds. The standard InChI is InChI=1S/C23H20N4O4/c1-15-9-11-16(12-10-15)21-25-22(31-26-21)19-8-5-13-27(19)14-20(28)24-18-7-4-3-6-17(18)23(29)30-2/h3-13H,14H2,1-2H3,(H,24,28). The molecule has 0 aliphatic rings. The van der Waals surface area contributed by atoms with Gasteiger partial charge in [-0.1, -0.05) is 47.1 Å². The number of anilines is 1. The van der Waals surface area contributed by atoms with Gasteiger partial charge >= 0.3 is 5.97 Å². The molecule has 8 heteroatoms. The van der Waals surface area contributed by atoms with Gasteiger partial charge in [-0.15, -0.1) is 0 Å². The number of nitrogens with one attached hydrogen (secondary N) is 1. The quantitative estimate of drug-likeness (QED) is 0.478. The van der Waals surface area contributed by atoms with E-state index in [-0.39, 0.29) is 18.0 Å². The summed E-state index contributed by atoms with van der Waals surface area (Å²) in [4.78, 5) is 29.0. The summed E-state index contributed by atoms with van der Waals surface area (Å²) in [6.07, 6.45) is 1.75. The minimum atomic E-state index is -0.521. The minimum absolute atomic E-state index is 0.0000846. The molecule has 2 heterocycles. The van der Waals surface area contributed by atoms with Crippen LogP contribution in [0.4, 0.5) is 5.69 Å². The molecular formula is C23H20N4O4. The van der Waals surface area contributed by atoms with Crippen LogP contribution < -0.4 is 5.32 Å². The highest BCUT2D eigenvalue weighted by Gasteiger charge is 2.17. The molecule has 31 heavy (non-hydrogen) atoms. The number of carbonyl (C=O) groups excluding carboxylic acids is 2. The zero-order valence-electron chi connectivity index (χ0n) is 17.0. The van der Waals surface area contributed by atoms with Crippen LogP contribution >= 0.6 is 0 Å². The van der Waals surface area contributed by atoms with Crippen molar-refractivity contribution in [3.63, 3.8) is 0 Å². The van der Waals surface area contributed by atoms with E-state index in [1.165, 1.54) is 7.11 Å². The Labute approximate surface area is 178 Å². The molecule has 0 saturated carbocycles.